The van der Waals surface area contributed by atoms with E-state index in [0.29, 0.717) is 24.2 Å². The van der Waals surface area contributed by atoms with Crippen LogP contribution in [-0.2, 0) is 0 Å². The monoisotopic (exact) mass is 300 g/mol. The van der Waals surface area contributed by atoms with Gasteiger partial charge >= 0.3 is 0 Å². The molecule has 0 saturated heterocycles. The maximum absolute atomic E-state index is 12.6. The number of hydrogen-bond acceptors (Lipinski definition) is 4. The van der Waals surface area contributed by atoms with Crippen molar-refractivity contribution in [2.45, 2.75) is 6.42 Å². The van der Waals surface area contributed by atoms with Crippen LogP contribution in [0.15, 0.2) is 47.3 Å². The molecule has 1 aromatic heterocycles. The van der Waals surface area contributed by atoms with Gasteiger partial charge in [-0.25, -0.2) is 0 Å². The predicted molar refractivity (Wildman–Crippen MR) is 89.4 cm³/mol. The van der Waals surface area contributed by atoms with Crippen molar-refractivity contribution in [3.63, 3.8) is 0 Å². The SMILES string of the molecule is O=c1c2ccccc2sc2cccc(OCCC=S)c12. The normalized spacial score (nSPS) is 10.8. The van der Waals surface area contributed by atoms with E-state index in [-0.39, 0.29) is 5.43 Å². The molecule has 0 aliphatic carbocycles. The molecule has 2 aromatic carbocycles. The molecule has 4 heteroatoms. The molecule has 0 bridgehead atoms. The van der Waals surface area contributed by atoms with E-state index in [0.717, 1.165) is 14.8 Å². The summed E-state index contributed by atoms with van der Waals surface area (Å²) in [4.78, 5) is 12.6. The minimum Gasteiger partial charge on any atom is -0.492 e. The van der Waals surface area contributed by atoms with Gasteiger partial charge in [-0.15, -0.1) is 11.3 Å². The number of thiocarbonyl (C=S) groups is 1. The second-order valence-corrected chi connectivity index (χ2v) is 5.78. The Balaban J connectivity index is 2.24. The lowest BCUT2D eigenvalue weighted by Crippen LogP contribution is -2.05. The van der Waals surface area contributed by atoms with E-state index in [9.17, 15) is 4.79 Å². The summed E-state index contributed by atoms with van der Waals surface area (Å²) in [6.07, 6.45) is 0.691. The van der Waals surface area contributed by atoms with Crippen molar-refractivity contribution in [2.24, 2.45) is 0 Å². The summed E-state index contributed by atoms with van der Waals surface area (Å²) in [6.45, 7) is 0.500. The Kier molecular flexibility index (Phi) is 3.76. The van der Waals surface area contributed by atoms with E-state index >= 15 is 0 Å². The fourth-order valence-corrected chi connectivity index (χ4v) is 3.35. The number of fused-ring (bicyclic) bond motifs is 2. The lowest BCUT2D eigenvalue weighted by molar-refractivity contribution is 0.335. The van der Waals surface area contributed by atoms with Crippen molar-refractivity contribution >= 4 is 49.1 Å². The van der Waals surface area contributed by atoms with Crippen LogP contribution in [0.25, 0.3) is 20.2 Å². The zero-order valence-electron chi connectivity index (χ0n) is 10.7. The molecule has 0 saturated carbocycles. The third kappa shape index (κ3) is 2.32. The van der Waals surface area contributed by atoms with Crippen LogP contribution >= 0.6 is 23.6 Å². The highest BCUT2D eigenvalue weighted by molar-refractivity contribution is 7.78. The third-order valence-corrected chi connectivity index (χ3v) is 4.43. The van der Waals surface area contributed by atoms with Gasteiger partial charge in [0.2, 0.25) is 0 Å². The van der Waals surface area contributed by atoms with Crippen LogP contribution in [0.5, 0.6) is 5.75 Å². The fraction of sp³-hybridized carbons (Fsp3) is 0.125. The van der Waals surface area contributed by atoms with E-state index in [2.05, 4.69) is 0 Å². The van der Waals surface area contributed by atoms with Gasteiger partial charge in [0.1, 0.15) is 5.75 Å². The molecule has 0 amide bonds. The minimum atomic E-state index is 0.0345. The summed E-state index contributed by atoms with van der Waals surface area (Å²) in [5, 5.41) is 3.05. The van der Waals surface area contributed by atoms with Crippen molar-refractivity contribution in [2.75, 3.05) is 6.61 Å². The Morgan fingerprint density at radius 3 is 2.75 bits per heavy atom. The van der Waals surface area contributed by atoms with E-state index in [4.69, 9.17) is 17.0 Å². The van der Waals surface area contributed by atoms with Gasteiger partial charge in [0, 0.05) is 21.2 Å². The average molecular weight is 300 g/mol. The summed E-state index contributed by atoms with van der Waals surface area (Å²) >= 11 is 6.40. The Hall–Kier alpha value is -1.78. The molecule has 3 aromatic rings. The molecule has 20 heavy (non-hydrogen) atoms. The molecule has 3 rings (SSSR count). The van der Waals surface area contributed by atoms with E-state index < -0.39 is 0 Å². The Morgan fingerprint density at radius 1 is 1.10 bits per heavy atom. The number of rotatable bonds is 4. The van der Waals surface area contributed by atoms with Gasteiger partial charge in [0.05, 0.1) is 12.0 Å². The summed E-state index contributed by atoms with van der Waals surface area (Å²) in [5.74, 6) is 0.645. The van der Waals surface area contributed by atoms with Crippen LogP contribution in [0, 0.1) is 0 Å². The van der Waals surface area contributed by atoms with E-state index in [1.165, 1.54) is 0 Å². The largest absolute Gasteiger partial charge is 0.492 e. The molecule has 100 valence electrons. The van der Waals surface area contributed by atoms with Gasteiger partial charge < -0.3 is 4.74 Å². The molecule has 0 unspecified atom stereocenters. The van der Waals surface area contributed by atoms with Crippen molar-refractivity contribution in [1.82, 2.24) is 0 Å². The highest BCUT2D eigenvalue weighted by Crippen LogP contribution is 2.30. The van der Waals surface area contributed by atoms with Gasteiger partial charge in [-0.3, -0.25) is 4.79 Å². The number of hydrogen-bond donors (Lipinski definition) is 0. The molecule has 0 fully saturated rings. The lowest BCUT2D eigenvalue weighted by atomic mass is 10.1. The number of ether oxygens (including phenoxy) is 1. The van der Waals surface area contributed by atoms with Crippen molar-refractivity contribution < 1.29 is 4.74 Å². The van der Waals surface area contributed by atoms with Crippen molar-refractivity contribution in [1.29, 1.82) is 0 Å². The highest BCUT2D eigenvalue weighted by atomic mass is 32.1. The van der Waals surface area contributed by atoms with Crippen molar-refractivity contribution in [3.8, 4) is 5.75 Å². The molecule has 2 nitrogen and oxygen atoms in total. The molecular weight excluding hydrogens is 288 g/mol. The Bertz CT molecular complexity index is 837. The van der Waals surface area contributed by atoms with Gasteiger partial charge in [0.25, 0.3) is 0 Å². The van der Waals surface area contributed by atoms with Gasteiger partial charge in [-0.2, -0.15) is 0 Å². The van der Waals surface area contributed by atoms with Crippen LogP contribution in [0.4, 0.5) is 0 Å². The van der Waals surface area contributed by atoms with Crippen LogP contribution in [0.2, 0.25) is 0 Å². The van der Waals surface area contributed by atoms with Gasteiger partial charge in [0.15, 0.2) is 5.43 Å². The molecule has 0 aliphatic heterocycles. The van der Waals surface area contributed by atoms with Crippen molar-refractivity contribution in [3.05, 3.63) is 52.7 Å². The molecule has 0 N–H and O–H groups in total. The summed E-state index contributed by atoms with van der Waals surface area (Å²) in [5.41, 5.74) is 0.0345. The maximum Gasteiger partial charge on any atom is 0.199 e. The molecule has 0 spiro atoms. The first-order chi connectivity index (χ1) is 9.81. The lowest BCUT2D eigenvalue weighted by Gasteiger charge is -2.08. The van der Waals surface area contributed by atoms with E-state index in [1.807, 2.05) is 42.5 Å². The minimum absolute atomic E-state index is 0.0345. The zero-order valence-corrected chi connectivity index (χ0v) is 12.3. The molecule has 1 heterocycles. The van der Waals surface area contributed by atoms with Crippen LogP contribution in [-0.4, -0.2) is 12.0 Å². The molecular formula is C16H12O2S2. The Morgan fingerprint density at radius 2 is 1.90 bits per heavy atom. The first-order valence-corrected chi connectivity index (χ1v) is 7.61. The first-order valence-electron chi connectivity index (χ1n) is 6.32. The third-order valence-electron chi connectivity index (χ3n) is 3.06. The Labute approximate surface area is 125 Å². The quantitative estimate of drug-likeness (QED) is 0.411. The first kappa shape index (κ1) is 13.2. The van der Waals surface area contributed by atoms with Gasteiger partial charge in [-0.05, 0) is 29.6 Å². The van der Waals surface area contributed by atoms with Crippen LogP contribution in [0.3, 0.4) is 0 Å². The highest BCUT2D eigenvalue weighted by Gasteiger charge is 2.10. The number of benzene rings is 2. The van der Waals surface area contributed by atoms with Crippen LogP contribution < -0.4 is 10.2 Å². The predicted octanol–water partition coefficient (Wildman–Crippen LogP) is 4.18. The smallest absolute Gasteiger partial charge is 0.199 e. The molecule has 0 atom stereocenters. The van der Waals surface area contributed by atoms with Gasteiger partial charge in [-0.1, -0.05) is 30.4 Å². The summed E-state index contributed by atoms with van der Waals surface area (Å²) < 4.78 is 7.65. The second kappa shape index (κ2) is 5.69. The molecule has 0 radical (unpaired) electrons. The maximum atomic E-state index is 12.6. The standard InChI is InChI=1S/C16H12O2S2/c17-16-11-5-1-2-7-13(11)20-14-8-3-6-12(15(14)16)18-9-4-10-19/h1-3,5-8,10H,4,9H2. The zero-order chi connectivity index (χ0) is 13.9. The second-order valence-electron chi connectivity index (χ2n) is 4.36. The molecule has 0 aliphatic rings. The summed E-state index contributed by atoms with van der Waals surface area (Å²) in [6, 6.07) is 13.4. The topological polar surface area (TPSA) is 26.3 Å². The van der Waals surface area contributed by atoms with Crippen LogP contribution in [0.1, 0.15) is 6.42 Å². The average Bonchev–Trinajstić information content (AvgIpc) is 2.48. The fourth-order valence-electron chi connectivity index (χ4n) is 2.15. The summed E-state index contributed by atoms with van der Waals surface area (Å²) in [7, 11) is 0. The van der Waals surface area contributed by atoms with E-state index in [1.54, 1.807) is 16.7 Å².